The highest BCUT2D eigenvalue weighted by molar-refractivity contribution is 5.84. The first kappa shape index (κ1) is 36.9. The van der Waals surface area contributed by atoms with Gasteiger partial charge in [-0.05, 0) is 135 Å². The van der Waals surface area contributed by atoms with Crippen LogP contribution in [-0.4, -0.2) is 31.6 Å². The van der Waals surface area contributed by atoms with Crippen molar-refractivity contribution in [1.82, 2.24) is 5.32 Å². The van der Waals surface area contributed by atoms with Gasteiger partial charge in [0.25, 0.3) is 0 Å². The maximum atomic E-state index is 14.4. The number of allylic oxidation sites excluding steroid dienone is 1. The van der Waals surface area contributed by atoms with Crippen molar-refractivity contribution in [1.29, 1.82) is 0 Å². The van der Waals surface area contributed by atoms with E-state index in [1.165, 1.54) is 83.3 Å². The molecule has 3 N–H and O–H groups in total. The Kier molecular flexibility index (Phi) is 11.1. The second kappa shape index (κ2) is 14.1. The van der Waals surface area contributed by atoms with Crippen molar-refractivity contribution < 1.29 is 14.3 Å². The van der Waals surface area contributed by atoms with Crippen LogP contribution in [0.5, 0.6) is 0 Å². The number of nitrogens with two attached hydrogens (primary N) is 1. The summed E-state index contributed by atoms with van der Waals surface area (Å²) in [5, 5.41) is 3.51. The van der Waals surface area contributed by atoms with Gasteiger partial charge in [0.2, 0.25) is 5.91 Å². The van der Waals surface area contributed by atoms with Crippen molar-refractivity contribution in [2.45, 2.75) is 170 Å². The van der Waals surface area contributed by atoms with Gasteiger partial charge in [0.15, 0.2) is 0 Å². The Labute approximate surface area is 288 Å². The predicted molar refractivity (Wildman–Crippen MR) is 194 cm³/mol. The zero-order valence-corrected chi connectivity index (χ0v) is 31.6. The number of ether oxygens (including phenoxy) is 1. The van der Waals surface area contributed by atoms with Crippen molar-refractivity contribution in [3.8, 4) is 0 Å². The molecule has 5 rings (SSSR count). The number of carbonyl (C=O) groups is 2. The number of hydrogen-bond acceptors (Lipinski definition) is 4. The lowest BCUT2D eigenvalue weighted by molar-refractivity contribution is -0.237. The van der Waals surface area contributed by atoms with E-state index in [4.69, 9.17) is 10.5 Å². The van der Waals surface area contributed by atoms with Gasteiger partial charge in [-0.3, -0.25) is 9.59 Å². The molecule has 268 valence electrons. The Morgan fingerprint density at radius 2 is 1.43 bits per heavy atom. The molecular formula is C42H72N2O3. The van der Waals surface area contributed by atoms with Crippen LogP contribution in [0.2, 0.25) is 0 Å². The summed E-state index contributed by atoms with van der Waals surface area (Å²) in [7, 11) is 1.46. The first-order chi connectivity index (χ1) is 22.2. The third kappa shape index (κ3) is 6.28. The van der Waals surface area contributed by atoms with Gasteiger partial charge in [0.05, 0.1) is 12.5 Å². The fourth-order valence-corrected chi connectivity index (χ4v) is 13.5. The molecule has 0 aromatic carbocycles. The van der Waals surface area contributed by atoms with Gasteiger partial charge in [-0.15, -0.1) is 0 Å². The summed E-state index contributed by atoms with van der Waals surface area (Å²) in [6.07, 6.45) is 21.8. The number of methoxy groups -OCH3 is 1. The molecule has 5 heteroatoms. The normalized spacial score (nSPS) is 42.0. The summed E-state index contributed by atoms with van der Waals surface area (Å²) < 4.78 is 4.73. The number of unbranched alkanes of at least 4 members (excludes halogenated alkanes) is 7. The number of fused-ring (bicyclic) bond motifs is 7. The van der Waals surface area contributed by atoms with Gasteiger partial charge in [-0.25, -0.2) is 0 Å². The molecule has 47 heavy (non-hydrogen) atoms. The SMILES string of the molecule is C=C(C)[C@@H]1CC[C@]2(C(=O)NCCCCCCCCCCC(=O)OC)CC[C@]3(C)[C@H](CC[C@@H]4[C@@]5(C)CC[C@H](N)C(C)(C)[C@@H]5CC[C@]43C)[C@@H]12. The number of amides is 1. The molecule has 0 aromatic rings. The average Bonchev–Trinajstić information content (AvgIpc) is 3.43. The van der Waals surface area contributed by atoms with E-state index in [1.807, 2.05) is 0 Å². The van der Waals surface area contributed by atoms with Crippen LogP contribution in [0, 0.1) is 56.7 Å². The van der Waals surface area contributed by atoms with E-state index in [-0.39, 0.29) is 22.2 Å². The number of rotatable bonds is 13. The highest BCUT2D eigenvalue weighted by Crippen LogP contribution is 2.77. The Morgan fingerprint density at radius 3 is 2.09 bits per heavy atom. The standard InChI is InChI=1S/C42H72N2O3/c1-29(2)30-20-25-42(37(46)44-28-16-14-12-10-9-11-13-15-17-35(45)47-8)27-26-40(6)31(36(30)42)18-19-33-39(5)23-22-34(43)38(3,4)32(39)21-24-41(33,40)7/h30-34,36H,1,9-28,43H2,2-8H3,(H,44,46)/t30-,31+,32-,33+,34-,36+,39-,40+,41+,42-/m0/s1. The van der Waals surface area contributed by atoms with E-state index >= 15 is 0 Å². The summed E-state index contributed by atoms with van der Waals surface area (Å²) in [6, 6.07) is 0.316. The fraction of sp³-hybridized carbons (Fsp3) is 0.905. The summed E-state index contributed by atoms with van der Waals surface area (Å²) in [6.45, 7) is 20.6. The largest absolute Gasteiger partial charge is 0.469 e. The molecule has 5 fully saturated rings. The van der Waals surface area contributed by atoms with Gasteiger partial charge in [0, 0.05) is 19.0 Å². The van der Waals surface area contributed by atoms with Crippen LogP contribution < -0.4 is 11.1 Å². The maximum Gasteiger partial charge on any atom is 0.305 e. The molecule has 5 saturated carbocycles. The highest BCUT2D eigenvalue weighted by Gasteiger charge is 2.71. The van der Waals surface area contributed by atoms with Crippen molar-refractivity contribution in [2.24, 2.45) is 62.4 Å². The Hall–Kier alpha value is -1.36. The summed E-state index contributed by atoms with van der Waals surface area (Å²) in [5.41, 5.74) is 9.02. The molecule has 5 aliphatic rings. The van der Waals surface area contributed by atoms with Gasteiger partial charge >= 0.3 is 5.97 Å². The molecule has 0 saturated heterocycles. The molecule has 0 heterocycles. The maximum absolute atomic E-state index is 14.4. The fourth-order valence-electron chi connectivity index (χ4n) is 13.5. The average molecular weight is 653 g/mol. The van der Waals surface area contributed by atoms with E-state index in [1.54, 1.807) is 0 Å². The molecular weight excluding hydrogens is 580 g/mol. The van der Waals surface area contributed by atoms with Crippen LogP contribution in [-0.2, 0) is 14.3 Å². The summed E-state index contributed by atoms with van der Waals surface area (Å²) in [5.74, 6) is 3.21. The van der Waals surface area contributed by atoms with Crippen LogP contribution >= 0.6 is 0 Å². The molecule has 0 spiro atoms. The monoisotopic (exact) mass is 653 g/mol. The van der Waals surface area contributed by atoms with Gasteiger partial charge in [0.1, 0.15) is 0 Å². The van der Waals surface area contributed by atoms with E-state index in [0.29, 0.717) is 52.9 Å². The van der Waals surface area contributed by atoms with Crippen molar-refractivity contribution in [3.63, 3.8) is 0 Å². The number of carbonyl (C=O) groups excluding carboxylic acids is 2. The number of hydrogen-bond donors (Lipinski definition) is 2. The molecule has 10 atom stereocenters. The number of nitrogens with one attached hydrogen (secondary N) is 1. The molecule has 0 unspecified atom stereocenters. The van der Waals surface area contributed by atoms with Gasteiger partial charge in [-0.2, -0.15) is 0 Å². The second-order valence-corrected chi connectivity index (χ2v) is 18.7. The van der Waals surface area contributed by atoms with Crippen LogP contribution in [0.1, 0.15) is 164 Å². The topological polar surface area (TPSA) is 81.4 Å². The van der Waals surface area contributed by atoms with Crippen LogP contribution in [0.4, 0.5) is 0 Å². The predicted octanol–water partition coefficient (Wildman–Crippen LogP) is 9.77. The van der Waals surface area contributed by atoms with Crippen LogP contribution in [0.15, 0.2) is 12.2 Å². The molecule has 0 bridgehead atoms. The lowest BCUT2D eigenvalue weighted by atomic mass is 9.32. The molecule has 1 amide bonds. The summed E-state index contributed by atoms with van der Waals surface area (Å²) >= 11 is 0. The Morgan fingerprint density at radius 1 is 0.766 bits per heavy atom. The van der Waals surface area contributed by atoms with Crippen molar-refractivity contribution in [3.05, 3.63) is 12.2 Å². The lowest BCUT2D eigenvalue weighted by Gasteiger charge is -2.73. The van der Waals surface area contributed by atoms with E-state index in [2.05, 4.69) is 53.4 Å². The minimum absolute atomic E-state index is 0.0966. The zero-order chi connectivity index (χ0) is 34.3. The Bertz CT molecular complexity index is 1150. The lowest BCUT2D eigenvalue weighted by Crippen LogP contribution is -2.68. The summed E-state index contributed by atoms with van der Waals surface area (Å²) in [4.78, 5) is 25.6. The molecule has 0 aliphatic heterocycles. The third-order valence-electron chi connectivity index (χ3n) is 16.5. The second-order valence-electron chi connectivity index (χ2n) is 18.7. The molecule has 0 radical (unpaired) electrons. The first-order valence-electron chi connectivity index (χ1n) is 19.9. The Balaban J connectivity index is 1.22. The zero-order valence-electron chi connectivity index (χ0n) is 31.6. The first-order valence-corrected chi connectivity index (χ1v) is 19.9. The smallest absolute Gasteiger partial charge is 0.305 e. The van der Waals surface area contributed by atoms with E-state index < -0.39 is 0 Å². The van der Waals surface area contributed by atoms with Crippen molar-refractivity contribution in [2.75, 3.05) is 13.7 Å². The van der Waals surface area contributed by atoms with Gasteiger partial charge < -0.3 is 15.8 Å². The molecule has 0 aromatic heterocycles. The molecule has 5 aliphatic carbocycles. The molecule has 5 nitrogen and oxygen atoms in total. The van der Waals surface area contributed by atoms with Crippen LogP contribution in [0.3, 0.4) is 0 Å². The van der Waals surface area contributed by atoms with E-state index in [9.17, 15) is 9.59 Å². The van der Waals surface area contributed by atoms with Crippen molar-refractivity contribution >= 4 is 11.9 Å². The van der Waals surface area contributed by atoms with E-state index in [0.717, 1.165) is 57.4 Å². The minimum Gasteiger partial charge on any atom is -0.469 e. The third-order valence-corrected chi connectivity index (χ3v) is 16.5. The number of esters is 1. The minimum atomic E-state index is -0.220. The van der Waals surface area contributed by atoms with Gasteiger partial charge in [-0.1, -0.05) is 85.3 Å². The highest BCUT2D eigenvalue weighted by atomic mass is 16.5. The van der Waals surface area contributed by atoms with Crippen LogP contribution in [0.25, 0.3) is 0 Å². The quantitative estimate of drug-likeness (QED) is 0.118.